The molecular formula is C22H19F3N2O5S. The molecule has 0 heterocycles. The molecule has 0 radical (unpaired) electrons. The number of methoxy groups -OCH3 is 1. The van der Waals surface area contributed by atoms with Crippen molar-refractivity contribution in [2.75, 3.05) is 7.11 Å². The second-order valence-electron chi connectivity index (χ2n) is 6.93. The standard InChI is InChI=1S/C22H19F3N2O5S/c1-32-19-10-11-20(17(14-19)12-15-6-3-2-4-7-15)33(30,31)26-27(29)21(28)16-8-5-9-18(13-16)22(23,24)25/h2-11,13-14,26,29H,12H2,1H3. The Labute approximate surface area is 188 Å². The van der Waals surface area contributed by atoms with E-state index < -0.39 is 33.2 Å². The zero-order valence-corrected chi connectivity index (χ0v) is 18.0. The van der Waals surface area contributed by atoms with Crippen LogP contribution in [0.25, 0.3) is 0 Å². The van der Waals surface area contributed by atoms with Gasteiger partial charge in [-0.05, 0) is 53.9 Å². The predicted molar refractivity (Wildman–Crippen MR) is 112 cm³/mol. The average Bonchev–Trinajstić information content (AvgIpc) is 2.78. The summed E-state index contributed by atoms with van der Waals surface area (Å²) >= 11 is 0. The number of carbonyl (C=O) groups excluding carboxylic acids is 1. The summed E-state index contributed by atoms with van der Waals surface area (Å²) in [5.74, 6) is -0.997. The minimum Gasteiger partial charge on any atom is -0.497 e. The molecule has 3 rings (SSSR count). The number of nitrogens with one attached hydrogen (secondary N) is 1. The maximum atomic E-state index is 12.9. The Morgan fingerprint density at radius 1 is 1.03 bits per heavy atom. The molecule has 11 heteroatoms. The maximum absolute atomic E-state index is 12.9. The molecule has 3 aromatic carbocycles. The minimum absolute atomic E-state index is 0.196. The number of carbonyl (C=O) groups is 1. The van der Waals surface area contributed by atoms with Gasteiger partial charge in [0, 0.05) is 5.56 Å². The van der Waals surface area contributed by atoms with Crippen molar-refractivity contribution in [3.63, 3.8) is 0 Å². The molecule has 0 unspecified atom stereocenters. The van der Waals surface area contributed by atoms with Gasteiger partial charge < -0.3 is 4.74 Å². The molecule has 174 valence electrons. The van der Waals surface area contributed by atoms with Gasteiger partial charge in [0.15, 0.2) is 0 Å². The first-order valence-electron chi connectivity index (χ1n) is 9.45. The van der Waals surface area contributed by atoms with Crippen LogP contribution in [-0.2, 0) is 22.6 Å². The fourth-order valence-corrected chi connectivity index (χ4v) is 4.19. The van der Waals surface area contributed by atoms with E-state index >= 15 is 0 Å². The number of amides is 1. The lowest BCUT2D eigenvalue weighted by atomic mass is 10.0. The van der Waals surface area contributed by atoms with Crippen LogP contribution >= 0.6 is 0 Å². The molecule has 0 aromatic heterocycles. The SMILES string of the molecule is COc1ccc(S(=O)(=O)NN(O)C(=O)c2cccc(C(F)(F)F)c2)c(Cc2ccccc2)c1. The van der Waals surface area contributed by atoms with Gasteiger partial charge in [0.25, 0.3) is 15.9 Å². The van der Waals surface area contributed by atoms with E-state index in [0.717, 1.165) is 23.8 Å². The molecule has 33 heavy (non-hydrogen) atoms. The van der Waals surface area contributed by atoms with Crippen LogP contribution in [0.3, 0.4) is 0 Å². The first-order chi connectivity index (χ1) is 15.5. The van der Waals surface area contributed by atoms with Crippen LogP contribution in [0.5, 0.6) is 5.75 Å². The molecule has 0 spiro atoms. The highest BCUT2D eigenvalue weighted by Crippen LogP contribution is 2.30. The number of benzene rings is 3. The van der Waals surface area contributed by atoms with E-state index in [-0.39, 0.29) is 16.5 Å². The predicted octanol–water partition coefficient (Wildman–Crippen LogP) is 4.03. The van der Waals surface area contributed by atoms with Crippen molar-refractivity contribution in [1.29, 1.82) is 0 Å². The lowest BCUT2D eigenvalue weighted by molar-refractivity contribution is -0.137. The lowest BCUT2D eigenvalue weighted by Gasteiger charge is -2.18. The molecule has 0 saturated heterocycles. The van der Waals surface area contributed by atoms with Crippen LogP contribution in [0.1, 0.15) is 27.0 Å². The Morgan fingerprint density at radius 3 is 2.36 bits per heavy atom. The number of nitrogens with zero attached hydrogens (tertiary/aromatic N) is 1. The number of hydrogen-bond donors (Lipinski definition) is 2. The van der Waals surface area contributed by atoms with Crippen molar-refractivity contribution in [3.8, 4) is 5.75 Å². The summed E-state index contributed by atoms with van der Waals surface area (Å²) in [6.45, 7) is 0. The van der Waals surface area contributed by atoms with Gasteiger partial charge in [-0.3, -0.25) is 10.0 Å². The van der Waals surface area contributed by atoms with E-state index in [1.54, 1.807) is 35.2 Å². The highest BCUT2D eigenvalue weighted by molar-refractivity contribution is 7.89. The third kappa shape index (κ3) is 5.89. The number of sulfonamides is 1. The number of hydroxylamine groups is 1. The molecule has 3 aromatic rings. The van der Waals surface area contributed by atoms with Crippen molar-refractivity contribution in [2.24, 2.45) is 0 Å². The van der Waals surface area contributed by atoms with Crippen LogP contribution in [-0.4, -0.2) is 31.8 Å². The molecule has 0 aliphatic heterocycles. The maximum Gasteiger partial charge on any atom is 0.416 e. The molecule has 0 saturated carbocycles. The van der Waals surface area contributed by atoms with Crippen molar-refractivity contribution in [3.05, 3.63) is 95.1 Å². The Balaban J connectivity index is 1.89. The molecule has 0 aliphatic rings. The van der Waals surface area contributed by atoms with E-state index in [1.165, 1.54) is 25.3 Å². The number of halogens is 3. The van der Waals surface area contributed by atoms with Crippen molar-refractivity contribution in [1.82, 2.24) is 10.0 Å². The Bertz CT molecular complexity index is 1250. The highest BCUT2D eigenvalue weighted by atomic mass is 32.2. The normalized spacial score (nSPS) is 11.8. The second-order valence-corrected chi connectivity index (χ2v) is 8.56. The third-order valence-corrected chi connectivity index (χ3v) is 6.02. The van der Waals surface area contributed by atoms with E-state index in [0.29, 0.717) is 17.4 Å². The van der Waals surface area contributed by atoms with Crippen LogP contribution in [0.4, 0.5) is 13.2 Å². The van der Waals surface area contributed by atoms with Gasteiger partial charge in [-0.1, -0.05) is 41.2 Å². The van der Waals surface area contributed by atoms with Crippen LogP contribution in [0, 0.1) is 0 Å². The summed E-state index contributed by atoms with van der Waals surface area (Å²) in [5.41, 5.74) is -0.574. The summed E-state index contributed by atoms with van der Waals surface area (Å²) in [5, 5.41) is 9.67. The largest absolute Gasteiger partial charge is 0.497 e. The van der Waals surface area contributed by atoms with Gasteiger partial charge in [0.05, 0.1) is 17.6 Å². The number of hydrogen-bond acceptors (Lipinski definition) is 5. The third-order valence-electron chi connectivity index (χ3n) is 4.63. The van der Waals surface area contributed by atoms with E-state index in [2.05, 4.69) is 0 Å². The van der Waals surface area contributed by atoms with E-state index in [1.807, 2.05) is 0 Å². The summed E-state index contributed by atoms with van der Waals surface area (Å²) in [6.07, 6.45) is -4.52. The first kappa shape index (κ1) is 24.2. The quantitative estimate of drug-likeness (QED) is 0.393. The fourth-order valence-electron chi connectivity index (χ4n) is 3.05. The molecule has 0 fully saturated rings. The number of ether oxygens (including phenoxy) is 1. The molecule has 2 N–H and O–H groups in total. The van der Waals surface area contributed by atoms with Gasteiger partial charge in [0.2, 0.25) is 0 Å². The van der Waals surface area contributed by atoms with Crippen molar-refractivity contribution >= 4 is 15.9 Å². The van der Waals surface area contributed by atoms with Crippen LogP contribution in [0.15, 0.2) is 77.7 Å². The second kappa shape index (κ2) is 9.61. The molecule has 1 amide bonds. The van der Waals surface area contributed by atoms with Gasteiger partial charge in [-0.25, -0.2) is 8.42 Å². The summed E-state index contributed by atoms with van der Waals surface area (Å²) < 4.78 is 69.7. The van der Waals surface area contributed by atoms with Gasteiger partial charge in [-0.2, -0.15) is 13.2 Å². The van der Waals surface area contributed by atoms with Crippen molar-refractivity contribution < 1.29 is 36.3 Å². The minimum atomic E-state index is -4.72. The average molecular weight is 480 g/mol. The monoisotopic (exact) mass is 480 g/mol. The first-order valence-corrected chi connectivity index (χ1v) is 10.9. The molecule has 0 aliphatic carbocycles. The Hall–Kier alpha value is -3.41. The van der Waals surface area contributed by atoms with Crippen LogP contribution in [0.2, 0.25) is 0 Å². The van der Waals surface area contributed by atoms with Gasteiger partial charge >= 0.3 is 6.18 Å². The molecule has 0 bridgehead atoms. The summed E-state index contributed by atoms with van der Waals surface area (Å²) in [6, 6.07) is 16.3. The molecular weight excluding hydrogens is 461 g/mol. The summed E-state index contributed by atoms with van der Waals surface area (Å²) in [4.78, 5) is 13.8. The van der Waals surface area contributed by atoms with E-state index in [9.17, 15) is 31.6 Å². The zero-order chi connectivity index (χ0) is 24.2. The van der Waals surface area contributed by atoms with Gasteiger partial charge in [0.1, 0.15) is 5.75 Å². The molecule has 0 atom stereocenters. The fraction of sp³-hybridized carbons (Fsp3) is 0.136. The Morgan fingerprint density at radius 2 is 1.73 bits per heavy atom. The smallest absolute Gasteiger partial charge is 0.416 e. The van der Waals surface area contributed by atoms with E-state index in [4.69, 9.17) is 4.74 Å². The van der Waals surface area contributed by atoms with Crippen molar-refractivity contribution in [2.45, 2.75) is 17.5 Å². The summed E-state index contributed by atoms with van der Waals surface area (Å²) in [7, 11) is -3.09. The van der Waals surface area contributed by atoms with Gasteiger partial charge in [-0.15, -0.1) is 5.17 Å². The topological polar surface area (TPSA) is 95.9 Å². The van der Waals surface area contributed by atoms with Crippen LogP contribution < -0.4 is 9.57 Å². The zero-order valence-electron chi connectivity index (χ0n) is 17.2. The lowest BCUT2D eigenvalue weighted by Crippen LogP contribution is -2.44. The highest BCUT2D eigenvalue weighted by Gasteiger charge is 2.32. The number of rotatable bonds is 7. The molecule has 7 nitrogen and oxygen atoms in total. The Kier molecular flexibility index (Phi) is 7.06. The number of alkyl halides is 3. The number of hydrazine groups is 1.